The minimum atomic E-state index is 0.469. The predicted molar refractivity (Wildman–Crippen MR) is 77.5 cm³/mol. The molecule has 2 rings (SSSR count). The second-order valence-corrected chi connectivity index (χ2v) is 5.70. The van der Waals surface area contributed by atoms with Gasteiger partial charge < -0.3 is 10.6 Å². The highest BCUT2D eigenvalue weighted by Crippen LogP contribution is 2.26. The Kier molecular flexibility index (Phi) is 3.67. The predicted octanol–water partition coefficient (Wildman–Crippen LogP) is 2.80. The zero-order chi connectivity index (χ0) is 12.4. The van der Waals surface area contributed by atoms with Crippen molar-refractivity contribution in [3.8, 4) is 0 Å². The molecule has 17 heavy (non-hydrogen) atoms. The molecule has 0 bridgehead atoms. The van der Waals surface area contributed by atoms with Crippen molar-refractivity contribution in [2.24, 2.45) is 17.6 Å². The Labute approximate surface area is 109 Å². The molecule has 1 heterocycles. The van der Waals surface area contributed by atoms with Crippen LogP contribution < -0.4 is 10.6 Å². The highest BCUT2D eigenvalue weighted by molar-refractivity contribution is 7.80. The third kappa shape index (κ3) is 2.97. The molecule has 3 heteroatoms. The molecule has 1 aromatic carbocycles. The van der Waals surface area contributed by atoms with E-state index in [4.69, 9.17) is 18.0 Å². The van der Waals surface area contributed by atoms with Crippen LogP contribution in [0.15, 0.2) is 24.3 Å². The number of rotatable bonds is 2. The highest BCUT2D eigenvalue weighted by atomic mass is 32.1. The maximum Gasteiger partial charge on any atom is 0.103 e. The van der Waals surface area contributed by atoms with Crippen LogP contribution in [0.1, 0.15) is 25.8 Å². The summed E-state index contributed by atoms with van der Waals surface area (Å²) in [5.41, 5.74) is 7.83. The molecule has 1 aliphatic heterocycles. The normalized spacial score (nSPS) is 24.7. The summed E-state index contributed by atoms with van der Waals surface area (Å²) in [6.07, 6.45) is 1.33. The number of nitrogens with zero attached hydrogens (tertiary/aromatic N) is 1. The van der Waals surface area contributed by atoms with Crippen LogP contribution in [0.5, 0.6) is 0 Å². The molecule has 1 aromatic rings. The molecule has 0 radical (unpaired) electrons. The van der Waals surface area contributed by atoms with E-state index in [1.54, 1.807) is 0 Å². The standard InChI is InChI=1S/C14H20N2S/c1-10-7-11(2)9-16(8-10)13-5-3-12(4-6-13)14(15)17/h3-6,10-11H,7-9H2,1-2H3,(H2,15,17). The molecule has 2 atom stereocenters. The van der Waals surface area contributed by atoms with Crippen LogP contribution in [0, 0.1) is 11.8 Å². The first-order valence-electron chi connectivity index (χ1n) is 6.21. The number of nitrogens with two attached hydrogens (primary N) is 1. The maximum absolute atomic E-state index is 5.60. The second kappa shape index (κ2) is 5.05. The van der Waals surface area contributed by atoms with Gasteiger partial charge in [-0.3, -0.25) is 0 Å². The molecule has 0 spiro atoms. The summed E-state index contributed by atoms with van der Waals surface area (Å²) in [6, 6.07) is 8.28. The van der Waals surface area contributed by atoms with Crippen LogP contribution in [0.4, 0.5) is 5.69 Å². The first-order valence-corrected chi connectivity index (χ1v) is 6.62. The topological polar surface area (TPSA) is 29.3 Å². The van der Waals surface area contributed by atoms with Gasteiger partial charge in [-0.05, 0) is 42.5 Å². The molecule has 0 aliphatic carbocycles. The molecule has 0 saturated carbocycles. The fourth-order valence-electron chi connectivity index (χ4n) is 2.71. The SMILES string of the molecule is CC1CC(C)CN(c2ccc(C(N)=S)cc2)C1. The van der Waals surface area contributed by atoms with Crippen molar-refractivity contribution in [3.05, 3.63) is 29.8 Å². The quantitative estimate of drug-likeness (QED) is 0.816. The van der Waals surface area contributed by atoms with Gasteiger partial charge in [0, 0.05) is 24.3 Å². The largest absolute Gasteiger partial charge is 0.389 e. The molecule has 2 nitrogen and oxygen atoms in total. The number of hydrogen-bond donors (Lipinski definition) is 1. The number of benzene rings is 1. The Morgan fingerprint density at radius 2 is 1.71 bits per heavy atom. The van der Waals surface area contributed by atoms with E-state index >= 15 is 0 Å². The van der Waals surface area contributed by atoms with Crippen LogP contribution >= 0.6 is 12.2 Å². The van der Waals surface area contributed by atoms with Crippen molar-refractivity contribution in [1.29, 1.82) is 0 Å². The third-order valence-corrected chi connectivity index (χ3v) is 3.62. The summed E-state index contributed by atoms with van der Waals surface area (Å²) in [5.74, 6) is 1.54. The van der Waals surface area contributed by atoms with Gasteiger partial charge in [0.15, 0.2) is 0 Å². The van der Waals surface area contributed by atoms with Gasteiger partial charge in [0.2, 0.25) is 0 Å². The summed E-state index contributed by atoms with van der Waals surface area (Å²) < 4.78 is 0. The Balaban J connectivity index is 2.14. The average Bonchev–Trinajstić information content (AvgIpc) is 2.28. The molecule has 1 fully saturated rings. The van der Waals surface area contributed by atoms with Gasteiger partial charge in [-0.25, -0.2) is 0 Å². The van der Waals surface area contributed by atoms with Crippen molar-refractivity contribution in [2.45, 2.75) is 20.3 Å². The molecule has 1 saturated heterocycles. The highest BCUT2D eigenvalue weighted by Gasteiger charge is 2.21. The zero-order valence-corrected chi connectivity index (χ0v) is 11.3. The monoisotopic (exact) mass is 248 g/mol. The molecular formula is C14H20N2S. The van der Waals surface area contributed by atoms with Gasteiger partial charge in [-0.2, -0.15) is 0 Å². The summed E-state index contributed by atoms with van der Waals surface area (Å²) in [6.45, 7) is 6.95. The number of anilines is 1. The van der Waals surface area contributed by atoms with Crippen LogP contribution in [-0.2, 0) is 0 Å². The Hall–Kier alpha value is -1.09. The second-order valence-electron chi connectivity index (χ2n) is 5.26. The van der Waals surface area contributed by atoms with Gasteiger partial charge in [0.25, 0.3) is 0 Å². The zero-order valence-electron chi connectivity index (χ0n) is 10.5. The van der Waals surface area contributed by atoms with Crippen molar-refractivity contribution in [3.63, 3.8) is 0 Å². The molecule has 0 aromatic heterocycles. The van der Waals surface area contributed by atoms with Gasteiger partial charge in [0.05, 0.1) is 0 Å². The number of piperidine rings is 1. The lowest BCUT2D eigenvalue weighted by molar-refractivity contribution is 0.357. The molecule has 0 amide bonds. The fraction of sp³-hybridized carbons (Fsp3) is 0.500. The van der Waals surface area contributed by atoms with Crippen LogP contribution in [-0.4, -0.2) is 18.1 Å². The fourth-order valence-corrected chi connectivity index (χ4v) is 2.85. The molecule has 1 aliphatic rings. The third-order valence-electron chi connectivity index (χ3n) is 3.39. The minimum absolute atomic E-state index is 0.469. The lowest BCUT2D eigenvalue weighted by Crippen LogP contribution is -2.38. The van der Waals surface area contributed by atoms with E-state index < -0.39 is 0 Å². The smallest absolute Gasteiger partial charge is 0.103 e. The van der Waals surface area contributed by atoms with Crippen molar-refractivity contribution in [2.75, 3.05) is 18.0 Å². The van der Waals surface area contributed by atoms with Crippen molar-refractivity contribution >= 4 is 22.9 Å². The summed E-state index contributed by atoms with van der Waals surface area (Å²) >= 11 is 4.96. The lowest BCUT2D eigenvalue weighted by atomic mass is 9.91. The molecular weight excluding hydrogens is 228 g/mol. The van der Waals surface area contributed by atoms with E-state index in [0.29, 0.717) is 4.99 Å². The summed E-state index contributed by atoms with van der Waals surface area (Å²) in [5, 5.41) is 0. The van der Waals surface area contributed by atoms with Crippen molar-refractivity contribution < 1.29 is 0 Å². The molecule has 2 unspecified atom stereocenters. The molecule has 2 N–H and O–H groups in total. The van der Waals surface area contributed by atoms with E-state index in [1.807, 2.05) is 12.1 Å². The van der Waals surface area contributed by atoms with Crippen LogP contribution in [0.3, 0.4) is 0 Å². The van der Waals surface area contributed by atoms with Crippen LogP contribution in [0.2, 0.25) is 0 Å². The first-order chi connectivity index (χ1) is 8.06. The average molecular weight is 248 g/mol. The van der Waals surface area contributed by atoms with E-state index in [9.17, 15) is 0 Å². The summed E-state index contributed by atoms with van der Waals surface area (Å²) in [4.78, 5) is 2.93. The van der Waals surface area contributed by atoms with E-state index in [-0.39, 0.29) is 0 Å². The summed E-state index contributed by atoms with van der Waals surface area (Å²) in [7, 11) is 0. The molecule has 92 valence electrons. The van der Waals surface area contributed by atoms with E-state index in [1.165, 1.54) is 12.1 Å². The maximum atomic E-state index is 5.60. The minimum Gasteiger partial charge on any atom is -0.389 e. The van der Waals surface area contributed by atoms with E-state index in [0.717, 1.165) is 30.5 Å². The van der Waals surface area contributed by atoms with Crippen LogP contribution in [0.25, 0.3) is 0 Å². The lowest BCUT2D eigenvalue weighted by Gasteiger charge is -2.36. The first kappa shape index (κ1) is 12.4. The van der Waals surface area contributed by atoms with Gasteiger partial charge >= 0.3 is 0 Å². The number of thiocarbonyl (C=S) groups is 1. The van der Waals surface area contributed by atoms with Gasteiger partial charge in [-0.1, -0.05) is 26.1 Å². The Morgan fingerprint density at radius 3 is 2.18 bits per heavy atom. The Bertz CT molecular complexity index is 389. The van der Waals surface area contributed by atoms with Gasteiger partial charge in [0.1, 0.15) is 4.99 Å². The Morgan fingerprint density at radius 1 is 1.18 bits per heavy atom. The number of hydrogen-bond acceptors (Lipinski definition) is 2. The van der Waals surface area contributed by atoms with Crippen molar-refractivity contribution in [1.82, 2.24) is 0 Å². The van der Waals surface area contributed by atoms with E-state index in [2.05, 4.69) is 30.9 Å². The van der Waals surface area contributed by atoms with Gasteiger partial charge in [-0.15, -0.1) is 0 Å².